The van der Waals surface area contributed by atoms with E-state index in [0.29, 0.717) is 25.7 Å². The standard InChI is InChI=1S/C17H27N3O2S/c1-12-13(2)23-15(19-12)14-4-3-7-20(10-14)16(21)17(11-18)5-8-22-9-6-17/h14H,3-11,18H2,1-2H3. The van der Waals surface area contributed by atoms with Crippen LogP contribution in [-0.4, -0.2) is 48.6 Å². The van der Waals surface area contributed by atoms with Gasteiger partial charge in [0, 0.05) is 43.6 Å². The zero-order valence-corrected chi connectivity index (χ0v) is 15.0. The number of rotatable bonds is 3. The third-order valence-corrected chi connectivity index (χ3v) is 6.63. The number of hydrogen-bond acceptors (Lipinski definition) is 5. The van der Waals surface area contributed by atoms with E-state index in [9.17, 15) is 4.79 Å². The maximum atomic E-state index is 13.1. The van der Waals surface area contributed by atoms with E-state index in [4.69, 9.17) is 15.5 Å². The molecule has 0 radical (unpaired) electrons. The summed E-state index contributed by atoms with van der Waals surface area (Å²) in [5.41, 5.74) is 6.72. The Kier molecular flexibility index (Phi) is 5.04. The number of hydrogen-bond donors (Lipinski definition) is 1. The molecular weight excluding hydrogens is 310 g/mol. The van der Waals surface area contributed by atoms with E-state index in [1.165, 1.54) is 9.88 Å². The topological polar surface area (TPSA) is 68.5 Å². The highest BCUT2D eigenvalue weighted by Gasteiger charge is 2.42. The molecule has 2 aliphatic heterocycles. The summed E-state index contributed by atoms with van der Waals surface area (Å²) in [7, 11) is 0. The minimum absolute atomic E-state index is 0.234. The third kappa shape index (κ3) is 3.30. The van der Waals surface area contributed by atoms with Crippen molar-refractivity contribution in [3.8, 4) is 0 Å². The molecule has 23 heavy (non-hydrogen) atoms. The lowest BCUT2D eigenvalue weighted by Gasteiger charge is -2.41. The van der Waals surface area contributed by atoms with Crippen molar-refractivity contribution in [3.05, 3.63) is 15.6 Å². The van der Waals surface area contributed by atoms with E-state index in [1.54, 1.807) is 11.3 Å². The zero-order chi connectivity index (χ0) is 16.4. The van der Waals surface area contributed by atoms with Crippen molar-refractivity contribution in [3.63, 3.8) is 0 Å². The molecule has 1 aromatic heterocycles. The van der Waals surface area contributed by atoms with Crippen molar-refractivity contribution in [2.24, 2.45) is 11.1 Å². The summed E-state index contributed by atoms with van der Waals surface area (Å²) in [5.74, 6) is 0.609. The van der Waals surface area contributed by atoms with Gasteiger partial charge in [-0.15, -0.1) is 11.3 Å². The van der Waals surface area contributed by atoms with Gasteiger partial charge in [-0.3, -0.25) is 4.79 Å². The number of likely N-dealkylation sites (tertiary alicyclic amines) is 1. The molecular formula is C17H27N3O2S. The van der Waals surface area contributed by atoms with Gasteiger partial charge in [0.25, 0.3) is 0 Å². The minimum Gasteiger partial charge on any atom is -0.381 e. The molecule has 2 aliphatic rings. The zero-order valence-electron chi connectivity index (χ0n) is 14.1. The van der Waals surface area contributed by atoms with Crippen LogP contribution in [0.3, 0.4) is 0 Å². The molecule has 2 fully saturated rings. The number of ether oxygens (including phenoxy) is 1. The van der Waals surface area contributed by atoms with Gasteiger partial charge >= 0.3 is 0 Å². The van der Waals surface area contributed by atoms with Gasteiger partial charge in [-0.1, -0.05) is 0 Å². The predicted molar refractivity (Wildman–Crippen MR) is 91.7 cm³/mol. The number of amides is 1. The van der Waals surface area contributed by atoms with E-state index in [-0.39, 0.29) is 5.91 Å². The van der Waals surface area contributed by atoms with Crippen LogP contribution in [0.5, 0.6) is 0 Å². The number of nitrogens with zero attached hydrogens (tertiary/aromatic N) is 2. The fourth-order valence-corrected chi connectivity index (χ4v) is 4.69. The first-order valence-electron chi connectivity index (χ1n) is 8.57. The number of piperidine rings is 1. The smallest absolute Gasteiger partial charge is 0.230 e. The van der Waals surface area contributed by atoms with Gasteiger partial charge in [-0.25, -0.2) is 4.98 Å². The van der Waals surface area contributed by atoms with Gasteiger partial charge in [0.15, 0.2) is 0 Å². The molecule has 6 heteroatoms. The summed E-state index contributed by atoms with van der Waals surface area (Å²) < 4.78 is 5.44. The second-order valence-corrected chi connectivity index (χ2v) is 8.12. The highest BCUT2D eigenvalue weighted by atomic mass is 32.1. The Morgan fingerprint density at radius 2 is 2.17 bits per heavy atom. The van der Waals surface area contributed by atoms with Crippen LogP contribution >= 0.6 is 11.3 Å². The maximum Gasteiger partial charge on any atom is 0.230 e. The van der Waals surface area contributed by atoms with Gasteiger partial charge in [-0.05, 0) is 39.5 Å². The fourth-order valence-electron chi connectivity index (χ4n) is 3.64. The molecule has 0 aromatic carbocycles. The Balaban J connectivity index is 1.73. The second-order valence-electron chi connectivity index (χ2n) is 6.88. The molecule has 2 saturated heterocycles. The largest absolute Gasteiger partial charge is 0.381 e. The van der Waals surface area contributed by atoms with E-state index >= 15 is 0 Å². The SMILES string of the molecule is Cc1nc(C2CCCN(C(=O)C3(CN)CCOCC3)C2)sc1C. The number of aryl methyl sites for hydroxylation is 2. The number of thiazole rings is 1. The quantitative estimate of drug-likeness (QED) is 0.918. The third-order valence-electron chi connectivity index (χ3n) is 5.40. The van der Waals surface area contributed by atoms with Crippen LogP contribution in [-0.2, 0) is 9.53 Å². The first-order chi connectivity index (χ1) is 11.1. The lowest BCUT2D eigenvalue weighted by Crippen LogP contribution is -2.53. The fraction of sp³-hybridized carbons (Fsp3) is 0.765. The summed E-state index contributed by atoms with van der Waals surface area (Å²) in [6, 6.07) is 0. The lowest BCUT2D eigenvalue weighted by molar-refractivity contribution is -0.148. The molecule has 5 nitrogen and oxygen atoms in total. The number of carbonyl (C=O) groups excluding carboxylic acids is 1. The van der Waals surface area contributed by atoms with Crippen LogP contribution < -0.4 is 5.73 Å². The Bertz CT molecular complexity index is 547. The second kappa shape index (κ2) is 6.87. The molecule has 128 valence electrons. The Labute approximate surface area is 142 Å². The van der Waals surface area contributed by atoms with Crippen LogP contribution in [0, 0.1) is 19.3 Å². The molecule has 2 N–H and O–H groups in total. The summed E-state index contributed by atoms with van der Waals surface area (Å²) in [5, 5.41) is 1.19. The first kappa shape index (κ1) is 16.9. The molecule has 3 rings (SSSR count). The maximum absolute atomic E-state index is 13.1. The summed E-state index contributed by atoms with van der Waals surface area (Å²) in [4.78, 5) is 21.2. The van der Waals surface area contributed by atoms with Crippen molar-refractivity contribution in [2.75, 3.05) is 32.8 Å². The Hall–Kier alpha value is -0.980. The molecule has 0 saturated carbocycles. The number of nitrogens with two attached hydrogens (primary N) is 1. The lowest BCUT2D eigenvalue weighted by atomic mass is 9.78. The van der Waals surface area contributed by atoms with Gasteiger partial charge in [0.05, 0.1) is 16.1 Å². The molecule has 3 heterocycles. The average Bonchev–Trinajstić information content (AvgIpc) is 2.94. The van der Waals surface area contributed by atoms with E-state index < -0.39 is 5.41 Å². The van der Waals surface area contributed by atoms with E-state index in [2.05, 4.69) is 13.8 Å². The van der Waals surface area contributed by atoms with Gasteiger partial charge in [0.1, 0.15) is 0 Å². The minimum atomic E-state index is -0.408. The molecule has 1 amide bonds. The average molecular weight is 337 g/mol. The first-order valence-corrected chi connectivity index (χ1v) is 9.38. The van der Waals surface area contributed by atoms with Crippen molar-refractivity contribution in [2.45, 2.75) is 45.4 Å². The highest BCUT2D eigenvalue weighted by molar-refractivity contribution is 7.11. The van der Waals surface area contributed by atoms with E-state index in [1.807, 2.05) is 4.90 Å². The van der Waals surface area contributed by atoms with Crippen molar-refractivity contribution >= 4 is 17.2 Å². The van der Waals surface area contributed by atoms with Crippen LogP contribution in [0.2, 0.25) is 0 Å². The highest BCUT2D eigenvalue weighted by Crippen LogP contribution is 2.36. The van der Waals surface area contributed by atoms with Gasteiger partial charge in [-0.2, -0.15) is 0 Å². The number of carbonyl (C=O) groups is 1. The molecule has 0 spiro atoms. The van der Waals surface area contributed by atoms with Crippen LogP contribution in [0.25, 0.3) is 0 Å². The Morgan fingerprint density at radius 3 is 2.78 bits per heavy atom. The predicted octanol–water partition coefficient (Wildman–Crippen LogP) is 2.22. The summed E-state index contributed by atoms with van der Waals surface area (Å²) in [6.07, 6.45) is 3.66. The van der Waals surface area contributed by atoms with Crippen LogP contribution in [0.1, 0.15) is 47.2 Å². The van der Waals surface area contributed by atoms with Crippen LogP contribution in [0.4, 0.5) is 0 Å². The van der Waals surface area contributed by atoms with Crippen molar-refractivity contribution in [1.29, 1.82) is 0 Å². The van der Waals surface area contributed by atoms with E-state index in [0.717, 1.165) is 44.5 Å². The van der Waals surface area contributed by atoms with Crippen molar-refractivity contribution in [1.82, 2.24) is 9.88 Å². The Morgan fingerprint density at radius 1 is 1.43 bits per heavy atom. The number of aromatic nitrogens is 1. The van der Waals surface area contributed by atoms with Crippen molar-refractivity contribution < 1.29 is 9.53 Å². The molecule has 1 atom stereocenters. The monoisotopic (exact) mass is 337 g/mol. The summed E-state index contributed by atoms with van der Waals surface area (Å²) >= 11 is 1.78. The normalized spacial score (nSPS) is 24.7. The molecule has 1 aromatic rings. The molecule has 0 bridgehead atoms. The molecule has 0 aliphatic carbocycles. The van der Waals surface area contributed by atoms with Gasteiger partial charge < -0.3 is 15.4 Å². The van der Waals surface area contributed by atoms with Gasteiger partial charge in [0.2, 0.25) is 5.91 Å². The molecule has 1 unspecified atom stereocenters. The van der Waals surface area contributed by atoms with Crippen LogP contribution in [0.15, 0.2) is 0 Å². The summed E-state index contributed by atoms with van der Waals surface area (Å²) in [6.45, 7) is 7.53.